The summed E-state index contributed by atoms with van der Waals surface area (Å²) in [5.74, 6) is 4.74. The van der Waals surface area contributed by atoms with Gasteiger partial charge in [-0.2, -0.15) is 15.7 Å². The molecule has 0 aliphatic carbocycles. The SMILES string of the molecule is C=S1(C)=NC(=O)c2cscc2C1.CC. The molecule has 1 amide bonds. The fraction of sp³-hybridized carbons (Fsp3) is 0.400. The summed E-state index contributed by atoms with van der Waals surface area (Å²) < 4.78 is 4.07. The summed E-state index contributed by atoms with van der Waals surface area (Å²) in [5, 5.41) is 3.90. The van der Waals surface area contributed by atoms with Gasteiger partial charge in [-0.05, 0) is 17.2 Å². The molecule has 0 spiro atoms. The van der Waals surface area contributed by atoms with E-state index in [1.54, 1.807) is 11.3 Å². The summed E-state index contributed by atoms with van der Waals surface area (Å²) in [4.78, 5) is 11.4. The molecule has 1 aliphatic rings. The number of rotatable bonds is 0. The van der Waals surface area contributed by atoms with E-state index in [4.69, 9.17) is 0 Å². The van der Waals surface area contributed by atoms with Crippen LogP contribution in [0.3, 0.4) is 0 Å². The normalized spacial score (nSPS) is 24.4. The van der Waals surface area contributed by atoms with Crippen molar-refractivity contribution in [1.82, 2.24) is 0 Å². The van der Waals surface area contributed by atoms with E-state index in [0.717, 1.165) is 16.9 Å². The first-order chi connectivity index (χ1) is 6.58. The van der Waals surface area contributed by atoms with Crippen molar-refractivity contribution < 1.29 is 4.79 Å². The molecule has 1 aromatic heterocycles. The van der Waals surface area contributed by atoms with Crippen molar-refractivity contribution in [2.75, 3.05) is 6.26 Å². The largest absolute Gasteiger partial charge is 0.283 e. The number of hydrogen-bond donors (Lipinski definition) is 0. The third-order valence-electron chi connectivity index (χ3n) is 1.74. The van der Waals surface area contributed by atoms with E-state index in [1.807, 2.05) is 30.9 Å². The van der Waals surface area contributed by atoms with Gasteiger partial charge in [-0.1, -0.05) is 19.7 Å². The Morgan fingerprint density at radius 1 is 1.50 bits per heavy atom. The predicted octanol–water partition coefficient (Wildman–Crippen LogP) is 2.83. The van der Waals surface area contributed by atoms with E-state index in [1.165, 1.54) is 0 Å². The molecule has 2 rings (SSSR count). The molecule has 1 aromatic rings. The van der Waals surface area contributed by atoms with Gasteiger partial charge in [-0.3, -0.25) is 4.79 Å². The lowest BCUT2D eigenvalue weighted by Crippen LogP contribution is -2.12. The monoisotopic (exact) mass is 229 g/mol. The standard InChI is InChI=1S/C8H9NOS2.C2H6/c1-12(2)5-6-3-11-4-7(6)8(10)9-12;1-2/h3-4H,1,5H2,2H3;1-2H3. The molecule has 14 heavy (non-hydrogen) atoms. The third kappa shape index (κ3) is 2.25. The summed E-state index contributed by atoms with van der Waals surface area (Å²) in [7, 11) is -1.28. The highest BCUT2D eigenvalue weighted by Gasteiger charge is 2.18. The van der Waals surface area contributed by atoms with Gasteiger partial charge in [0.1, 0.15) is 0 Å². The van der Waals surface area contributed by atoms with Crippen molar-refractivity contribution >= 4 is 32.5 Å². The lowest BCUT2D eigenvalue weighted by Gasteiger charge is -2.13. The number of nitrogens with zero attached hydrogens (tertiary/aromatic N) is 1. The van der Waals surface area contributed by atoms with Crippen LogP contribution in [0.2, 0.25) is 0 Å². The number of thiophene rings is 1. The van der Waals surface area contributed by atoms with E-state index in [9.17, 15) is 4.79 Å². The molecular weight excluding hydrogens is 214 g/mol. The van der Waals surface area contributed by atoms with Crippen LogP contribution in [0.4, 0.5) is 0 Å². The Morgan fingerprint density at radius 3 is 2.79 bits per heavy atom. The fourth-order valence-electron chi connectivity index (χ4n) is 1.24. The van der Waals surface area contributed by atoms with Crippen LogP contribution in [0.1, 0.15) is 29.8 Å². The summed E-state index contributed by atoms with van der Waals surface area (Å²) in [6.07, 6.45) is 1.96. The highest BCUT2D eigenvalue weighted by molar-refractivity contribution is 8.01. The van der Waals surface area contributed by atoms with Gasteiger partial charge in [0.2, 0.25) is 0 Å². The Balaban J connectivity index is 0.000000461. The van der Waals surface area contributed by atoms with Crippen LogP contribution in [-0.2, 0) is 15.2 Å². The summed E-state index contributed by atoms with van der Waals surface area (Å²) in [6, 6.07) is 0. The zero-order valence-electron chi connectivity index (χ0n) is 8.74. The molecule has 0 N–H and O–H groups in total. The highest BCUT2D eigenvalue weighted by atomic mass is 32.2. The molecule has 0 saturated carbocycles. The summed E-state index contributed by atoms with van der Waals surface area (Å²) in [5.41, 5.74) is 1.92. The van der Waals surface area contributed by atoms with Crippen LogP contribution in [-0.4, -0.2) is 18.0 Å². The second-order valence-corrected chi connectivity index (χ2v) is 6.73. The third-order valence-corrected chi connectivity index (χ3v) is 4.07. The summed E-state index contributed by atoms with van der Waals surface area (Å²) in [6.45, 7) is 4.00. The number of amides is 1. The maximum absolute atomic E-state index is 11.4. The molecule has 0 fully saturated rings. The Bertz CT molecular complexity index is 450. The Morgan fingerprint density at radius 2 is 2.14 bits per heavy atom. The van der Waals surface area contributed by atoms with E-state index >= 15 is 0 Å². The molecule has 0 aromatic carbocycles. The van der Waals surface area contributed by atoms with Crippen LogP contribution in [0.15, 0.2) is 15.1 Å². The van der Waals surface area contributed by atoms with Gasteiger partial charge >= 0.3 is 0 Å². The molecule has 1 atom stereocenters. The molecule has 78 valence electrons. The number of carbonyl (C=O) groups excluding carboxylic acids is 1. The zero-order chi connectivity index (χ0) is 10.8. The molecule has 1 aliphatic heterocycles. The van der Waals surface area contributed by atoms with Crippen molar-refractivity contribution in [1.29, 1.82) is 0 Å². The molecule has 1 unspecified atom stereocenters. The second kappa shape index (κ2) is 4.28. The quantitative estimate of drug-likeness (QED) is 0.629. The van der Waals surface area contributed by atoms with E-state index < -0.39 is 9.41 Å². The van der Waals surface area contributed by atoms with Gasteiger partial charge in [-0.15, -0.1) is 9.41 Å². The number of carbonyl (C=O) groups is 1. The molecule has 2 heterocycles. The molecule has 2 nitrogen and oxygen atoms in total. The maximum Gasteiger partial charge on any atom is 0.283 e. The van der Waals surface area contributed by atoms with Crippen molar-refractivity contribution in [3.63, 3.8) is 0 Å². The lowest BCUT2D eigenvalue weighted by atomic mass is 10.2. The highest BCUT2D eigenvalue weighted by Crippen LogP contribution is 2.23. The molecule has 4 heteroatoms. The van der Waals surface area contributed by atoms with Gasteiger partial charge in [0.05, 0.1) is 5.56 Å². The van der Waals surface area contributed by atoms with Crippen molar-refractivity contribution in [3.05, 3.63) is 21.9 Å². The molecule has 0 bridgehead atoms. The van der Waals surface area contributed by atoms with E-state index in [0.29, 0.717) is 0 Å². The first kappa shape index (κ1) is 11.5. The number of hydrogen-bond acceptors (Lipinski definition) is 2. The van der Waals surface area contributed by atoms with E-state index in [-0.39, 0.29) is 5.91 Å². The van der Waals surface area contributed by atoms with Crippen molar-refractivity contribution in [2.24, 2.45) is 4.36 Å². The number of fused-ring (bicyclic) bond motifs is 1. The van der Waals surface area contributed by atoms with Crippen LogP contribution in [0, 0.1) is 0 Å². The average molecular weight is 229 g/mol. The van der Waals surface area contributed by atoms with Crippen LogP contribution >= 0.6 is 11.3 Å². The first-order valence-electron chi connectivity index (χ1n) is 4.50. The zero-order valence-corrected chi connectivity index (χ0v) is 10.4. The van der Waals surface area contributed by atoms with Gasteiger partial charge in [0.15, 0.2) is 0 Å². The van der Waals surface area contributed by atoms with Gasteiger partial charge in [0, 0.05) is 11.1 Å². The Kier molecular flexibility index (Phi) is 3.50. The first-order valence-corrected chi connectivity index (χ1v) is 7.78. The maximum atomic E-state index is 11.4. The Labute approximate surface area is 89.6 Å². The van der Waals surface area contributed by atoms with Crippen LogP contribution in [0.25, 0.3) is 0 Å². The fourth-order valence-corrected chi connectivity index (χ4v) is 3.65. The lowest BCUT2D eigenvalue weighted by molar-refractivity contribution is 0.100. The van der Waals surface area contributed by atoms with Crippen LogP contribution < -0.4 is 0 Å². The van der Waals surface area contributed by atoms with Gasteiger partial charge in [0.25, 0.3) is 5.91 Å². The topological polar surface area (TPSA) is 29.4 Å². The van der Waals surface area contributed by atoms with Crippen LogP contribution in [0.5, 0.6) is 0 Å². The van der Waals surface area contributed by atoms with E-state index in [2.05, 4.69) is 10.2 Å². The minimum Gasteiger partial charge on any atom is -0.266 e. The van der Waals surface area contributed by atoms with Crippen molar-refractivity contribution in [2.45, 2.75) is 19.6 Å². The minimum atomic E-state index is -1.28. The minimum absolute atomic E-state index is 0.0787. The smallest absolute Gasteiger partial charge is 0.266 e. The average Bonchev–Trinajstić information content (AvgIpc) is 2.53. The van der Waals surface area contributed by atoms with Gasteiger partial charge in [-0.25, -0.2) is 0 Å². The predicted molar refractivity (Wildman–Crippen MR) is 66.5 cm³/mol. The Hall–Kier alpha value is -0.610. The van der Waals surface area contributed by atoms with Gasteiger partial charge < -0.3 is 0 Å². The molecule has 0 saturated heterocycles. The molecular formula is C10H15NOS2. The summed E-state index contributed by atoms with van der Waals surface area (Å²) >= 11 is 1.56. The second-order valence-electron chi connectivity index (χ2n) is 3.07. The van der Waals surface area contributed by atoms with Crippen molar-refractivity contribution in [3.8, 4) is 0 Å². The molecule has 0 radical (unpaired) electrons.